The highest BCUT2D eigenvalue weighted by Gasteiger charge is 2.20. The molecule has 34 heavy (non-hydrogen) atoms. The molecule has 0 saturated carbocycles. The van der Waals surface area contributed by atoms with Gasteiger partial charge in [-0.05, 0) is 43.3 Å². The Morgan fingerprint density at radius 1 is 0.971 bits per heavy atom. The third-order valence-corrected chi connectivity index (χ3v) is 6.07. The van der Waals surface area contributed by atoms with Gasteiger partial charge in [-0.3, -0.25) is 25.0 Å². The van der Waals surface area contributed by atoms with E-state index in [1.807, 2.05) is 31.2 Å². The number of hydrogen-bond acceptors (Lipinski definition) is 5. The quantitative estimate of drug-likeness (QED) is 0.302. The van der Waals surface area contributed by atoms with Gasteiger partial charge in [-0.1, -0.05) is 65.3 Å². The fourth-order valence-electron chi connectivity index (χ4n) is 3.11. The highest BCUT2D eigenvalue weighted by Crippen LogP contribution is 2.29. The lowest BCUT2D eigenvalue weighted by molar-refractivity contribution is -0.119. The lowest BCUT2D eigenvalue weighted by Gasteiger charge is -2.11. The average Bonchev–Trinajstić information content (AvgIpc) is 3.26. The number of carbonyl (C=O) groups is 2. The Balaban J connectivity index is 1.51. The van der Waals surface area contributed by atoms with E-state index in [2.05, 4.69) is 21.0 Å². The van der Waals surface area contributed by atoms with Gasteiger partial charge in [0.15, 0.2) is 11.0 Å². The van der Waals surface area contributed by atoms with Crippen molar-refractivity contribution >= 4 is 35.2 Å². The number of aryl methyl sites for hydroxylation is 1. The zero-order valence-corrected chi connectivity index (χ0v) is 19.5. The number of amides is 2. The van der Waals surface area contributed by atoms with Gasteiger partial charge in [-0.15, -0.1) is 10.2 Å². The lowest BCUT2D eigenvalue weighted by atomic mass is 10.2. The van der Waals surface area contributed by atoms with E-state index in [1.54, 1.807) is 47.0 Å². The van der Waals surface area contributed by atoms with Crippen LogP contribution in [0.25, 0.3) is 17.1 Å². The van der Waals surface area contributed by atoms with Crippen molar-refractivity contribution in [2.24, 2.45) is 0 Å². The zero-order valence-electron chi connectivity index (χ0n) is 18.0. The van der Waals surface area contributed by atoms with E-state index in [4.69, 9.17) is 11.6 Å². The van der Waals surface area contributed by atoms with Crippen molar-refractivity contribution in [1.29, 1.82) is 0 Å². The molecule has 0 unspecified atom stereocenters. The van der Waals surface area contributed by atoms with Gasteiger partial charge in [0.1, 0.15) is 5.82 Å². The molecule has 7 nitrogen and oxygen atoms in total. The molecule has 4 aromatic rings. The van der Waals surface area contributed by atoms with Crippen LogP contribution in [0.1, 0.15) is 15.9 Å². The minimum absolute atomic E-state index is 0.0654. The van der Waals surface area contributed by atoms with E-state index in [9.17, 15) is 14.0 Å². The molecule has 1 heterocycles. The van der Waals surface area contributed by atoms with Crippen LogP contribution in [0.15, 0.2) is 78.0 Å². The van der Waals surface area contributed by atoms with Crippen molar-refractivity contribution in [2.45, 2.75) is 12.1 Å². The van der Waals surface area contributed by atoms with Crippen molar-refractivity contribution in [1.82, 2.24) is 25.6 Å². The van der Waals surface area contributed by atoms with Crippen LogP contribution in [0.4, 0.5) is 4.39 Å². The number of hydrazine groups is 1. The zero-order chi connectivity index (χ0) is 24.1. The normalized spacial score (nSPS) is 10.7. The van der Waals surface area contributed by atoms with E-state index in [0.717, 1.165) is 23.0 Å². The Morgan fingerprint density at radius 3 is 2.41 bits per heavy atom. The minimum atomic E-state index is -0.534. The first-order chi connectivity index (χ1) is 16.4. The van der Waals surface area contributed by atoms with Gasteiger partial charge in [-0.2, -0.15) is 0 Å². The van der Waals surface area contributed by atoms with Gasteiger partial charge >= 0.3 is 0 Å². The van der Waals surface area contributed by atoms with Gasteiger partial charge < -0.3 is 0 Å². The molecule has 0 bridgehead atoms. The first-order valence-corrected chi connectivity index (χ1v) is 11.5. The van der Waals surface area contributed by atoms with Gasteiger partial charge in [0.2, 0.25) is 5.91 Å². The maximum atomic E-state index is 14.5. The molecule has 172 valence electrons. The summed E-state index contributed by atoms with van der Waals surface area (Å²) in [5.74, 6) is -1.18. The highest BCUT2D eigenvalue weighted by atomic mass is 35.5. The summed E-state index contributed by atoms with van der Waals surface area (Å²) in [5.41, 5.74) is 7.02. The van der Waals surface area contributed by atoms with Gasteiger partial charge in [-0.25, -0.2) is 4.39 Å². The van der Waals surface area contributed by atoms with Crippen molar-refractivity contribution in [3.63, 3.8) is 0 Å². The number of thioether (sulfide) groups is 1. The molecule has 10 heteroatoms. The molecule has 0 saturated heterocycles. The Bertz CT molecular complexity index is 1340. The Hall–Kier alpha value is -3.69. The Morgan fingerprint density at radius 2 is 1.68 bits per heavy atom. The van der Waals surface area contributed by atoms with Crippen LogP contribution in [-0.2, 0) is 4.79 Å². The molecule has 0 atom stereocenters. The summed E-state index contributed by atoms with van der Waals surface area (Å²) in [5, 5.41) is 9.04. The molecule has 4 rings (SSSR count). The van der Waals surface area contributed by atoms with Crippen LogP contribution in [0, 0.1) is 12.7 Å². The van der Waals surface area contributed by atoms with E-state index in [0.29, 0.717) is 16.5 Å². The monoisotopic (exact) mass is 495 g/mol. The summed E-state index contributed by atoms with van der Waals surface area (Å²) in [6, 6.07) is 20.4. The van der Waals surface area contributed by atoms with Crippen molar-refractivity contribution < 1.29 is 14.0 Å². The number of nitrogens with one attached hydrogen (secondary N) is 2. The Kier molecular flexibility index (Phi) is 7.24. The second-order valence-corrected chi connectivity index (χ2v) is 8.58. The lowest BCUT2D eigenvalue weighted by Crippen LogP contribution is -2.42. The van der Waals surface area contributed by atoms with Crippen molar-refractivity contribution in [3.05, 3.63) is 94.8 Å². The van der Waals surface area contributed by atoms with Gasteiger partial charge in [0.05, 0.1) is 21.9 Å². The van der Waals surface area contributed by atoms with E-state index in [1.165, 1.54) is 6.07 Å². The second-order valence-electron chi connectivity index (χ2n) is 7.23. The molecule has 2 N–H and O–H groups in total. The third kappa shape index (κ3) is 5.27. The van der Waals surface area contributed by atoms with Crippen LogP contribution in [0.5, 0.6) is 0 Å². The summed E-state index contributed by atoms with van der Waals surface area (Å²) < 4.78 is 16.2. The van der Waals surface area contributed by atoms with Gasteiger partial charge in [0, 0.05) is 5.69 Å². The molecular formula is C24H19ClFN5O2S. The smallest absolute Gasteiger partial charge is 0.271 e. The summed E-state index contributed by atoms with van der Waals surface area (Å²) >= 11 is 7.11. The van der Waals surface area contributed by atoms with Crippen LogP contribution < -0.4 is 10.9 Å². The van der Waals surface area contributed by atoms with Crippen LogP contribution in [0.3, 0.4) is 0 Å². The second kappa shape index (κ2) is 10.5. The number of rotatable bonds is 6. The summed E-state index contributed by atoms with van der Waals surface area (Å²) in [6.45, 7) is 1.96. The number of carbonyl (C=O) groups excluding carboxylic acids is 2. The molecule has 0 spiro atoms. The number of nitrogens with zero attached hydrogens (tertiary/aromatic N) is 3. The van der Waals surface area contributed by atoms with Crippen LogP contribution >= 0.6 is 23.4 Å². The average molecular weight is 496 g/mol. The molecule has 1 aromatic heterocycles. The first kappa shape index (κ1) is 23.5. The molecule has 0 aliphatic heterocycles. The predicted molar refractivity (Wildman–Crippen MR) is 129 cm³/mol. The standard InChI is InChI=1S/C24H19ClFN5O2S/c1-15-10-12-16(13-11-15)31-22(18-7-3-5-9-20(18)26)28-30-24(31)34-14-21(32)27-29-23(33)17-6-2-4-8-19(17)25/h2-13H,14H2,1H3,(H,27,32)(H,29,33). The summed E-state index contributed by atoms with van der Waals surface area (Å²) in [4.78, 5) is 24.6. The van der Waals surface area contributed by atoms with E-state index in [-0.39, 0.29) is 16.3 Å². The maximum Gasteiger partial charge on any atom is 0.271 e. The maximum absolute atomic E-state index is 14.5. The summed E-state index contributed by atoms with van der Waals surface area (Å²) in [7, 11) is 0. The Labute approximate surface area is 204 Å². The highest BCUT2D eigenvalue weighted by molar-refractivity contribution is 7.99. The van der Waals surface area contributed by atoms with E-state index >= 15 is 0 Å². The fourth-order valence-corrected chi connectivity index (χ4v) is 4.09. The fraction of sp³-hybridized carbons (Fsp3) is 0.0833. The molecule has 0 radical (unpaired) electrons. The van der Waals surface area contributed by atoms with Crippen LogP contribution in [0.2, 0.25) is 5.02 Å². The first-order valence-electron chi connectivity index (χ1n) is 10.2. The number of hydrogen-bond donors (Lipinski definition) is 2. The van der Waals surface area contributed by atoms with Crippen molar-refractivity contribution in [2.75, 3.05) is 5.75 Å². The van der Waals surface area contributed by atoms with Crippen LogP contribution in [-0.4, -0.2) is 32.3 Å². The van der Waals surface area contributed by atoms with Gasteiger partial charge in [0.25, 0.3) is 5.91 Å². The SMILES string of the molecule is Cc1ccc(-n2c(SCC(=O)NNC(=O)c3ccccc3Cl)nnc2-c2ccccc2F)cc1. The summed E-state index contributed by atoms with van der Waals surface area (Å²) in [6.07, 6.45) is 0. The minimum Gasteiger partial charge on any atom is -0.272 e. The molecule has 2 amide bonds. The number of aromatic nitrogens is 3. The number of benzene rings is 3. The van der Waals surface area contributed by atoms with E-state index < -0.39 is 17.6 Å². The topological polar surface area (TPSA) is 88.9 Å². The number of halogens is 2. The molecular weight excluding hydrogens is 477 g/mol. The predicted octanol–water partition coefficient (Wildman–Crippen LogP) is 4.59. The molecule has 0 aliphatic carbocycles. The molecule has 0 aliphatic rings. The largest absolute Gasteiger partial charge is 0.272 e. The van der Waals surface area contributed by atoms with Crippen molar-refractivity contribution in [3.8, 4) is 17.1 Å². The molecule has 0 fully saturated rings. The molecule has 3 aromatic carbocycles. The third-order valence-electron chi connectivity index (χ3n) is 4.81.